The largest absolute Gasteiger partial charge is 0.313 e. The minimum atomic E-state index is 0.442. The van der Waals surface area contributed by atoms with Crippen molar-refractivity contribution in [2.24, 2.45) is 0 Å². The summed E-state index contributed by atoms with van der Waals surface area (Å²) in [5, 5.41) is 3.39. The molecule has 88 valence electrons. The minimum Gasteiger partial charge on any atom is -0.313 e. The molecule has 0 spiro atoms. The Labute approximate surface area is 107 Å². The molecule has 1 nitrogen and oxygen atoms in total. The van der Waals surface area contributed by atoms with Crippen molar-refractivity contribution in [2.75, 3.05) is 7.05 Å². The molecule has 1 aromatic rings. The molecule has 0 aromatic heterocycles. The highest BCUT2D eigenvalue weighted by atomic mass is 79.9. The van der Waals surface area contributed by atoms with E-state index in [-0.39, 0.29) is 0 Å². The molecule has 0 aliphatic heterocycles. The van der Waals surface area contributed by atoms with Crippen LogP contribution in [0.5, 0.6) is 0 Å². The van der Waals surface area contributed by atoms with Gasteiger partial charge in [-0.1, -0.05) is 28.1 Å². The summed E-state index contributed by atoms with van der Waals surface area (Å²) in [5.41, 5.74) is 2.74. The van der Waals surface area contributed by atoms with E-state index in [1.54, 1.807) is 0 Å². The van der Waals surface area contributed by atoms with Gasteiger partial charge in [-0.15, -0.1) is 6.58 Å². The van der Waals surface area contributed by atoms with Gasteiger partial charge in [0.1, 0.15) is 0 Å². The minimum absolute atomic E-state index is 0.442. The van der Waals surface area contributed by atoms with E-state index >= 15 is 0 Å². The number of hydrogen-bond donors (Lipinski definition) is 1. The van der Waals surface area contributed by atoms with Crippen molar-refractivity contribution < 1.29 is 0 Å². The van der Waals surface area contributed by atoms with Gasteiger partial charge < -0.3 is 5.32 Å². The van der Waals surface area contributed by atoms with Gasteiger partial charge in [-0.25, -0.2) is 0 Å². The van der Waals surface area contributed by atoms with Gasteiger partial charge in [0.05, 0.1) is 0 Å². The number of rotatable bonds is 6. The topological polar surface area (TPSA) is 12.0 Å². The zero-order chi connectivity index (χ0) is 12.0. The van der Waals surface area contributed by atoms with Crippen molar-refractivity contribution in [2.45, 2.75) is 32.2 Å². The molecule has 0 heterocycles. The van der Waals surface area contributed by atoms with Crippen LogP contribution in [0.3, 0.4) is 0 Å². The molecule has 1 rings (SSSR count). The lowest BCUT2D eigenvalue weighted by atomic mass is 9.97. The SMILES string of the molecule is C=CCCCC(NC)c1cc(Br)ccc1C. The first kappa shape index (κ1) is 13.5. The zero-order valence-corrected chi connectivity index (χ0v) is 11.7. The van der Waals surface area contributed by atoms with E-state index in [1.807, 2.05) is 13.1 Å². The van der Waals surface area contributed by atoms with E-state index in [9.17, 15) is 0 Å². The molecule has 1 unspecified atom stereocenters. The Morgan fingerprint density at radius 3 is 2.88 bits per heavy atom. The molecule has 0 saturated heterocycles. The molecule has 2 heteroatoms. The Morgan fingerprint density at radius 1 is 1.50 bits per heavy atom. The van der Waals surface area contributed by atoms with Crippen LogP contribution in [0, 0.1) is 6.92 Å². The Bertz CT molecular complexity index is 347. The van der Waals surface area contributed by atoms with Crippen LogP contribution in [-0.4, -0.2) is 7.05 Å². The van der Waals surface area contributed by atoms with Crippen LogP contribution < -0.4 is 5.32 Å². The maximum Gasteiger partial charge on any atom is 0.0320 e. The van der Waals surface area contributed by atoms with E-state index in [1.165, 1.54) is 17.5 Å². The molecule has 16 heavy (non-hydrogen) atoms. The van der Waals surface area contributed by atoms with Gasteiger partial charge in [-0.2, -0.15) is 0 Å². The molecular formula is C14H20BrN. The van der Waals surface area contributed by atoms with Crippen molar-refractivity contribution in [3.63, 3.8) is 0 Å². The average Bonchev–Trinajstić information content (AvgIpc) is 2.28. The summed E-state index contributed by atoms with van der Waals surface area (Å²) in [6.45, 7) is 5.93. The van der Waals surface area contributed by atoms with E-state index < -0.39 is 0 Å². The number of halogens is 1. The molecular weight excluding hydrogens is 262 g/mol. The second kappa shape index (κ2) is 6.87. The van der Waals surface area contributed by atoms with E-state index in [0.29, 0.717) is 6.04 Å². The zero-order valence-electron chi connectivity index (χ0n) is 10.1. The van der Waals surface area contributed by atoms with Crippen molar-refractivity contribution in [3.05, 3.63) is 46.5 Å². The van der Waals surface area contributed by atoms with Crippen LogP contribution in [0.25, 0.3) is 0 Å². The van der Waals surface area contributed by atoms with Crippen LogP contribution in [0.15, 0.2) is 35.3 Å². The molecule has 0 amide bonds. The van der Waals surface area contributed by atoms with Crippen molar-refractivity contribution in [3.8, 4) is 0 Å². The third-order valence-electron chi connectivity index (χ3n) is 2.87. The van der Waals surface area contributed by atoms with Gasteiger partial charge >= 0.3 is 0 Å². The monoisotopic (exact) mass is 281 g/mol. The summed E-state index contributed by atoms with van der Waals surface area (Å²) in [5.74, 6) is 0. The first-order valence-electron chi connectivity index (χ1n) is 5.73. The predicted octanol–water partition coefficient (Wildman–Crippen LogP) is 4.37. The number of unbranched alkanes of at least 4 members (excludes halogenated alkanes) is 1. The third kappa shape index (κ3) is 3.76. The number of benzene rings is 1. The Hall–Kier alpha value is -0.600. The van der Waals surface area contributed by atoms with E-state index in [0.717, 1.165) is 17.3 Å². The van der Waals surface area contributed by atoms with Gasteiger partial charge in [-0.05, 0) is 56.5 Å². The standard InChI is InChI=1S/C14H20BrN/c1-4-5-6-7-14(16-3)13-10-12(15)9-8-11(13)2/h4,8-10,14,16H,1,5-7H2,2-3H3. The van der Waals surface area contributed by atoms with E-state index in [2.05, 4.69) is 52.9 Å². The van der Waals surface area contributed by atoms with Gasteiger partial charge in [0.2, 0.25) is 0 Å². The highest BCUT2D eigenvalue weighted by Gasteiger charge is 2.11. The quantitative estimate of drug-likeness (QED) is 0.603. The lowest BCUT2D eigenvalue weighted by Gasteiger charge is -2.19. The maximum absolute atomic E-state index is 3.76. The highest BCUT2D eigenvalue weighted by Crippen LogP contribution is 2.25. The summed E-state index contributed by atoms with van der Waals surface area (Å²) in [6, 6.07) is 6.91. The van der Waals surface area contributed by atoms with Gasteiger partial charge in [-0.3, -0.25) is 0 Å². The molecule has 0 bridgehead atoms. The lowest BCUT2D eigenvalue weighted by Crippen LogP contribution is -2.17. The Morgan fingerprint density at radius 2 is 2.25 bits per heavy atom. The van der Waals surface area contributed by atoms with Crippen molar-refractivity contribution >= 4 is 15.9 Å². The van der Waals surface area contributed by atoms with Crippen molar-refractivity contribution in [1.29, 1.82) is 0 Å². The van der Waals surface area contributed by atoms with E-state index in [4.69, 9.17) is 0 Å². The first-order valence-corrected chi connectivity index (χ1v) is 6.52. The van der Waals surface area contributed by atoms with Gasteiger partial charge in [0, 0.05) is 10.5 Å². The van der Waals surface area contributed by atoms with Gasteiger partial charge in [0.25, 0.3) is 0 Å². The third-order valence-corrected chi connectivity index (χ3v) is 3.36. The number of hydrogen-bond acceptors (Lipinski definition) is 1. The molecule has 0 saturated carbocycles. The summed E-state index contributed by atoms with van der Waals surface area (Å²) in [6.07, 6.45) is 5.41. The first-order chi connectivity index (χ1) is 7.69. The van der Waals surface area contributed by atoms with Crippen LogP contribution in [0.2, 0.25) is 0 Å². The second-order valence-electron chi connectivity index (χ2n) is 4.06. The van der Waals surface area contributed by atoms with Crippen LogP contribution in [0.4, 0.5) is 0 Å². The summed E-state index contributed by atoms with van der Waals surface area (Å²) in [7, 11) is 2.03. The lowest BCUT2D eigenvalue weighted by molar-refractivity contribution is 0.527. The number of allylic oxidation sites excluding steroid dienone is 1. The molecule has 1 N–H and O–H groups in total. The van der Waals surface area contributed by atoms with Crippen molar-refractivity contribution in [1.82, 2.24) is 5.32 Å². The Kier molecular flexibility index (Phi) is 5.78. The smallest absolute Gasteiger partial charge is 0.0320 e. The summed E-state index contributed by atoms with van der Waals surface area (Å²) >= 11 is 3.53. The molecule has 0 aliphatic carbocycles. The second-order valence-corrected chi connectivity index (χ2v) is 4.98. The number of aryl methyl sites for hydroxylation is 1. The summed E-state index contributed by atoms with van der Waals surface area (Å²) < 4.78 is 1.15. The van der Waals surface area contributed by atoms with Crippen LogP contribution in [0.1, 0.15) is 36.4 Å². The summed E-state index contributed by atoms with van der Waals surface area (Å²) in [4.78, 5) is 0. The van der Waals surface area contributed by atoms with Crippen LogP contribution >= 0.6 is 15.9 Å². The molecule has 0 aliphatic rings. The molecule has 1 aromatic carbocycles. The van der Waals surface area contributed by atoms with Crippen LogP contribution in [-0.2, 0) is 0 Å². The number of nitrogens with one attached hydrogen (secondary N) is 1. The molecule has 0 fully saturated rings. The fraction of sp³-hybridized carbons (Fsp3) is 0.429. The predicted molar refractivity (Wildman–Crippen MR) is 74.7 cm³/mol. The molecule has 1 atom stereocenters. The normalized spacial score (nSPS) is 12.4. The maximum atomic E-state index is 3.76. The average molecular weight is 282 g/mol. The fourth-order valence-electron chi connectivity index (χ4n) is 1.91. The highest BCUT2D eigenvalue weighted by molar-refractivity contribution is 9.10. The Balaban J connectivity index is 2.77. The fourth-order valence-corrected chi connectivity index (χ4v) is 2.29. The van der Waals surface area contributed by atoms with Gasteiger partial charge in [0.15, 0.2) is 0 Å². The molecule has 0 radical (unpaired) electrons.